The zero-order valence-corrected chi connectivity index (χ0v) is 10.7. The summed E-state index contributed by atoms with van der Waals surface area (Å²) in [4.78, 5) is 0. The summed E-state index contributed by atoms with van der Waals surface area (Å²) >= 11 is 0. The molecule has 1 saturated carbocycles. The molecule has 0 amide bonds. The first kappa shape index (κ1) is 11.9. The quantitative estimate of drug-likeness (QED) is 0.745. The normalized spacial score (nSPS) is 51.0. The molecule has 5 nitrogen and oxygen atoms in total. The summed E-state index contributed by atoms with van der Waals surface area (Å²) < 4.78 is 22.7. The molecular weight excluding hydrogens is 224 g/mol. The lowest BCUT2D eigenvalue weighted by molar-refractivity contribution is -0.483. The molecule has 0 spiro atoms. The zero-order valence-electron chi connectivity index (χ0n) is 10.7. The molecule has 1 N–H and O–H groups in total. The maximum atomic E-state index is 10.4. The van der Waals surface area contributed by atoms with Gasteiger partial charge in [0, 0.05) is 6.42 Å². The van der Waals surface area contributed by atoms with E-state index < -0.39 is 17.4 Å². The van der Waals surface area contributed by atoms with Crippen molar-refractivity contribution in [3.05, 3.63) is 0 Å². The molecule has 0 aromatic carbocycles. The van der Waals surface area contributed by atoms with Crippen molar-refractivity contribution in [1.82, 2.24) is 0 Å². The van der Waals surface area contributed by atoms with Crippen LogP contribution < -0.4 is 0 Å². The Kier molecular flexibility index (Phi) is 2.25. The SMILES string of the molecule is CC1(C)OC[C@@H]([C@@H]2[C@@H]3C[C@]2(O)OC(C)(C)O3)O1. The Bertz CT molecular complexity index is 340. The van der Waals surface area contributed by atoms with E-state index in [9.17, 15) is 5.11 Å². The lowest BCUT2D eigenvalue weighted by atomic mass is 9.70. The molecule has 2 aliphatic heterocycles. The highest BCUT2D eigenvalue weighted by atomic mass is 16.8. The van der Waals surface area contributed by atoms with Crippen molar-refractivity contribution in [1.29, 1.82) is 0 Å². The van der Waals surface area contributed by atoms with Gasteiger partial charge in [-0.2, -0.15) is 0 Å². The Balaban J connectivity index is 1.75. The molecule has 2 heterocycles. The van der Waals surface area contributed by atoms with Crippen molar-refractivity contribution < 1.29 is 24.1 Å². The van der Waals surface area contributed by atoms with Crippen molar-refractivity contribution in [3.8, 4) is 0 Å². The number of rotatable bonds is 1. The number of hydrogen-bond donors (Lipinski definition) is 1. The van der Waals surface area contributed by atoms with Gasteiger partial charge in [0.1, 0.15) is 0 Å². The van der Waals surface area contributed by atoms with E-state index >= 15 is 0 Å². The van der Waals surface area contributed by atoms with E-state index in [4.69, 9.17) is 18.9 Å². The fraction of sp³-hybridized carbons (Fsp3) is 1.00. The van der Waals surface area contributed by atoms with Gasteiger partial charge in [-0.3, -0.25) is 0 Å². The van der Waals surface area contributed by atoms with Gasteiger partial charge < -0.3 is 24.1 Å². The second-order valence-electron chi connectivity index (χ2n) is 6.10. The van der Waals surface area contributed by atoms with E-state index in [1.165, 1.54) is 0 Å². The van der Waals surface area contributed by atoms with Gasteiger partial charge in [-0.05, 0) is 27.7 Å². The van der Waals surface area contributed by atoms with E-state index in [1.807, 2.05) is 27.7 Å². The average molecular weight is 244 g/mol. The molecule has 17 heavy (non-hydrogen) atoms. The predicted octanol–water partition coefficient (Wildman–Crippen LogP) is 0.998. The van der Waals surface area contributed by atoms with Crippen molar-refractivity contribution in [2.75, 3.05) is 6.61 Å². The first-order valence-electron chi connectivity index (χ1n) is 6.13. The van der Waals surface area contributed by atoms with Crippen LogP contribution in [0.5, 0.6) is 0 Å². The molecule has 1 aliphatic carbocycles. The first-order valence-corrected chi connectivity index (χ1v) is 6.13. The lowest BCUT2D eigenvalue weighted by Gasteiger charge is -2.60. The third kappa shape index (κ3) is 1.81. The Hall–Kier alpha value is -0.200. The van der Waals surface area contributed by atoms with E-state index in [2.05, 4.69) is 0 Å². The number of ether oxygens (including phenoxy) is 4. The predicted molar refractivity (Wildman–Crippen MR) is 58.0 cm³/mol. The summed E-state index contributed by atoms with van der Waals surface area (Å²) in [5.74, 6) is -2.58. The molecule has 0 radical (unpaired) electrons. The minimum atomic E-state index is -1.12. The number of fused-ring (bicyclic) bond motifs is 2. The van der Waals surface area contributed by atoms with Crippen molar-refractivity contribution in [2.24, 2.45) is 5.92 Å². The standard InChI is InChI=1S/C12H20O5/c1-10(2)14-6-8(16-10)9-7-5-12(9,13)17-11(3,4)15-7/h7-9,13H,5-6H2,1-4H3/t7-,8-,9-,12-/m0/s1. The van der Waals surface area contributed by atoms with E-state index in [0.717, 1.165) is 0 Å². The molecule has 5 heteroatoms. The van der Waals surface area contributed by atoms with Crippen LogP contribution in [0, 0.1) is 5.92 Å². The fourth-order valence-electron chi connectivity index (χ4n) is 3.14. The Morgan fingerprint density at radius 3 is 2.18 bits per heavy atom. The maximum absolute atomic E-state index is 10.4. The van der Waals surface area contributed by atoms with Crippen LogP contribution in [0.1, 0.15) is 34.1 Å². The summed E-state index contributed by atoms with van der Waals surface area (Å²) in [7, 11) is 0. The minimum absolute atomic E-state index is 0.00810. The Labute approximate surface area is 101 Å². The third-order valence-electron chi connectivity index (χ3n) is 3.70. The van der Waals surface area contributed by atoms with Crippen LogP contribution in [0.3, 0.4) is 0 Å². The summed E-state index contributed by atoms with van der Waals surface area (Å²) in [6, 6.07) is 0. The van der Waals surface area contributed by atoms with Gasteiger partial charge in [-0.15, -0.1) is 0 Å². The smallest absolute Gasteiger partial charge is 0.179 e. The summed E-state index contributed by atoms with van der Waals surface area (Å²) in [6.45, 7) is 7.85. The van der Waals surface area contributed by atoms with Crippen LogP contribution in [0.2, 0.25) is 0 Å². The Morgan fingerprint density at radius 1 is 1.00 bits per heavy atom. The molecule has 3 fully saturated rings. The van der Waals surface area contributed by atoms with Crippen molar-refractivity contribution >= 4 is 0 Å². The second kappa shape index (κ2) is 3.22. The van der Waals surface area contributed by atoms with Gasteiger partial charge in [0.15, 0.2) is 17.4 Å². The molecule has 4 atom stereocenters. The van der Waals surface area contributed by atoms with Crippen molar-refractivity contribution in [3.63, 3.8) is 0 Å². The highest BCUT2D eigenvalue weighted by Crippen LogP contribution is 2.53. The maximum Gasteiger partial charge on any atom is 0.179 e. The number of aliphatic hydroxyl groups is 1. The van der Waals surface area contributed by atoms with Crippen LogP contribution in [0.4, 0.5) is 0 Å². The van der Waals surface area contributed by atoms with E-state index in [0.29, 0.717) is 13.0 Å². The summed E-state index contributed by atoms with van der Waals surface area (Å²) in [6.07, 6.45) is 0.345. The highest BCUT2D eigenvalue weighted by molar-refractivity contribution is 5.06. The van der Waals surface area contributed by atoms with Gasteiger partial charge in [0.05, 0.1) is 24.7 Å². The number of hydrogen-bond acceptors (Lipinski definition) is 5. The van der Waals surface area contributed by atoms with Crippen LogP contribution in [0.25, 0.3) is 0 Å². The minimum Gasteiger partial charge on any atom is -0.365 e. The van der Waals surface area contributed by atoms with Gasteiger partial charge >= 0.3 is 0 Å². The van der Waals surface area contributed by atoms with Gasteiger partial charge in [0.2, 0.25) is 0 Å². The van der Waals surface area contributed by atoms with E-state index in [-0.39, 0.29) is 18.1 Å². The van der Waals surface area contributed by atoms with Gasteiger partial charge in [-0.25, -0.2) is 0 Å². The molecule has 98 valence electrons. The van der Waals surface area contributed by atoms with Gasteiger partial charge in [0.25, 0.3) is 0 Å². The molecular formula is C12H20O5. The molecule has 0 unspecified atom stereocenters. The van der Waals surface area contributed by atoms with Crippen LogP contribution in [-0.2, 0) is 18.9 Å². The molecule has 0 aromatic heterocycles. The fourth-order valence-corrected chi connectivity index (χ4v) is 3.14. The van der Waals surface area contributed by atoms with Gasteiger partial charge in [-0.1, -0.05) is 0 Å². The monoisotopic (exact) mass is 244 g/mol. The van der Waals surface area contributed by atoms with Crippen molar-refractivity contribution in [2.45, 2.75) is 63.7 Å². The summed E-state index contributed by atoms with van der Waals surface area (Å²) in [5, 5.41) is 10.4. The van der Waals surface area contributed by atoms with Crippen LogP contribution >= 0.6 is 0 Å². The molecule has 2 bridgehead atoms. The topological polar surface area (TPSA) is 57.2 Å². The zero-order chi connectivity index (χ0) is 12.5. The molecule has 2 saturated heterocycles. The third-order valence-corrected chi connectivity index (χ3v) is 3.70. The van der Waals surface area contributed by atoms with Crippen LogP contribution in [0.15, 0.2) is 0 Å². The lowest BCUT2D eigenvalue weighted by Crippen LogP contribution is -2.72. The highest BCUT2D eigenvalue weighted by Gasteiger charge is 2.66. The van der Waals surface area contributed by atoms with E-state index in [1.54, 1.807) is 0 Å². The molecule has 3 rings (SSSR count). The first-order chi connectivity index (χ1) is 7.71. The Morgan fingerprint density at radius 2 is 1.65 bits per heavy atom. The van der Waals surface area contributed by atoms with Crippen LogP contribution in [-0.4, -0.2) is 41.3 Å². The molecule has 0 aromatic rings. The largest absolute Gasteiger partial charge is 0.365 e. The average Bonchev–Trinajstić information content (AvgIpc) is 2.41. The second-order valence-corrected chi connectivity index (χ2v) is 6.10. The molecule has 3 aliphatic rings. The summed E-state index contributed by atoms with van der Waals surface area (Å²) in [5.41, 5.74) is 0.